The molecular formula is C22H24N2O. The zero-order valence-corrected chi connectivity index (χ0v) is 14.7. The molecule has 0 aromatic heterocycles. The molecule has 0 amide bonds. The Labute approximate surface area is 149 Å². The summed E-state index contributed by atoms with van der Waals surface area (Å²) in [7, 11) is 0. The maximum atomic E-state index is 8.93. The average Bonchev–Trinajstić information content (AvgIpc) is 3.24. The molecule has 2 heterocycles. The van der Waals surface area contributed by atoms with Gasteiger partial charge in [0, 0.05) is 19.0 Å². The quantitative estimate of drug-likeness (QED) is 0.832. The number of likely N-dealkylation sites (tertiary alicyclic amines) is 1. The number of fused-ring (bicyclic) bond motifs is 1. The molecule has 0 N–H and O–H groups in total. The van der Waals surface area contributed by atoms with E-state index in [0.717, 1.165) is 36.7 Å². The van der Waals surface area contributed by atoms with Gasteiger partial charge < -0.3 is 9.64 Å². The number of hydrogen-bond donors (Lipinski definition) is 0. The van der Waals surface area contributed by atoms with Gasteiger partial charge in [0.1, 0.15) is 11.9 Å². The summed E-state index contributed by atoms with van der Waals surface area (Å²) >= 11 is 0. The molecule has 3 nitrogen and oxygen atoms in total. The third kappa shape index (κ3) is 3.41. The first-order valence-corrected chi connectivity index (χ1v) is 9.27. The highest BCUT2D eigenvalue weighted by Gasteiger charge is 2.26. The molecule has 2 aromatic rings. The van der Waals surface area contributed by atoms with Crippen molar-refractivity contribution in [3.05, 3.63) is 53.6 Å². The maximum Gasteiger partial charge on any atom is 0.123 e. The van der Waals surface area contributed by atoms with Crippen molar-refractivity contribution in [2.45, 2.75) is 44.8 Å². The fourth-order valence-corrected chi connectivity index (χ4v) is 4.03. The predicted octanol–water partition coefficient (Wildman–Crippen LogP) is 4.40. The minimum absolute atomic E-state index is 0.305. The monoisotopic (exact) mass is 332 g/mol. The number of nitrogens with zero attached hydrogens (tertiary/aromatic N) is 2. The van der Waals surface area contributed by atoms with Gasteiger partial charge in [-0.1, -0.05) is 18.2 Å². The Morgan fingerprint density at radius 2 is 1.96 bits per heavy atom. The Bertz CT molecular complexity index is 791. The van der Waals surface area contributed by atoms with Gasteiger partial charge in [-0.05, 0) is 73.7 Å². The SMILES string of the molecule is C[C@@H]1CCCN1CCC1Cc2cc(-c3ccc(C#N)cc3)ccc2O1. The van der Waals surface area contributed by atoms with Gasteiger partial charge in [0.15, 0.2) is 0 Å². The second-order valence-corrected chi connectivity index (χ2v) is 7.27. The molecule has 2 aliphatic rings. The summed E-state index contributed by atoms with van der Waals surface area (Å²) in [5, 5.41) is 8.93. The summed E-state index contributed by atoms with van der Waals surface area (Å²) in [4.78, 5) is 2.59. The first-order chi connectivity index (χ1) is 12.2. The lowest BCUT2D eigenvalue weighted by molar-refractivity contribution is 0.179. The number of hydrogen-bond acceptors (Lipinski definition) is 3. The van der Waals surface area contributed by atoms with Gasteiger partial charge in [-0.15, -0.1) is 0 Å². The second kappa shape index (κ2) is 6.90. The highest BCUT2D eigenvalue weighted by Crippen LogP contribution is 2.34. The van der Waals surface area contributed by atoms with Gasteiger partial charge in [0.05, 0.1) is 11.6 Å². The van der Waals surface area contributed by atoms with Crippen LogP contribution in [0.15, 0.2) is 42.5 Å². The summed E-state index contributed by atoms with van der Waals surface area (Å²) in [5.74, 6) is 1.04. The highest BCUT2D eigenvalue weighted by molar-refractivity contribution is 5.66. The molecule has 0 saturated carbocycles. The van der Waals surface area contributed by atoms with Gasteiger partial charge in [-0.3, -0.25) is 0 Å². The van der Waals surface area contributed by atoms with Gasteiger partial charge in [-0.25, -0.2) is 0 Å². The molecule has 2 aromatic carbocycles. The summed E-state index contributed by atoms with van der Waals surface area (Å²) < 4.78 is 6.16. The molecule has 0 spiro atoms. The minimum atomic E-state index is 0.305. The molecule has 2 atom stereocenters. The lowest BCUT2D eigenvalue weighted by Crippen LogP contribution is -2.31. The van der Waals surface area contributed by atoms with Crippen molar-refractivity contribution in [1.29, 1.82) is 5.26 Å². The van der Waals surface area contributed by atoms with E-state index in [4.69, 9.17) is 10.00 Å². The zero-order valence-electron chi connectivity index (χ0n) is 14.7. The van der Waals surface area contributed by atoms with E-state index in [9.17, 15) is 0 Å². The molecule has 1 saturated heterocycles. The molecule has 0 bridgehead atoms. The molecule has 25 heavy (non-hydrogen) atoms. The van der Waals surface area contributed by atoms with Gasteiger partial charge in [0.2, 0.25) is 0 Å². The molecule has 0 aliphatic carbocycles. The Balaban J connectivity index is 1.42. The van der Waals surface area contributed by atoms with E-state index >= 15 is 0 Å². The molecular weight excluding hydrogens is 308 g/mol. The fraction of sp³-hybridized carbons (Fsp3) is 0.409. The molecule has 3 heteroatoms. The van der Waals surface area contributed by atoms with E-state index in [2.05, 4.69) is 36.1 Å². The summed E-state index contributed by atoms with van der Waals surface area (Å²) in [5.41, 5.74) is 4.35. The van der Waals surface area contributed by atoms with Crippen LogP contribution >= 0.6 is 0 Å². The fourth-order valence-electron chi connectivity index (χ4n) is 4.03. The lowest BCUT2D eigenvalue weighted by atomic mass is 9.99. The van der Waals surface area contributed by atoms with Crippen LogP contribution in [0.4, 0.5) is 0 Å². The van der Waals surface area contributed by atoms with Gasteiger partial charge in [0.25, 0.3) is 0 Å². The van der Waals surface area contributed by atoms with E-state index < -0.39 is 0 Å². The first kappa shape index (κ1) is 16.2. The topological polar surface area (TPSA) is 36.3 Å². The van der Waals surface area contributed by atoms with Crippen molar-refractivity contribution in [2.24, 2.45) is 0 Å². The van der Waals surface area contributed by atoms with Crippen LogP contribution < -0.4 is 4.74 Å². The maximum absolute atomic E-state index is 8.93. The van der Waals surface area contributed by atoms with Crippen molar-refractivity contribution in [1.82, 2.24) is 4.90 Å². The lowest BCUT2D eigenvalue weighted by Gasteiger charge is -2.22. The third-order valence-corrected chi connectivity index (χ3v) is 5.58. The van der Waals surface area contributed by atoms with Crippen LogP contribution in [0, 0.1) is 11.3 Å². The van der Waals surface area contributed by atoms with Crippen LogP contribution in [-0.2, 0) is 6.42 Å². The largest absolute Gasteiger partial charge is 0.490 e. The van der Waals surface area contributed by atoms with Crippen molar-refractivity contribution >= 4 is 0 Å². The normalized spacial score (nSPS) is 22.4. The minimum Gasteiger partial charge on any atom is -0.490 e. The summed E-state index contributed by atoms with van der Waals surface area (Å²) in [6, 6.07) is 17.1. The van der Waals surface area contributed by atoms with E-state index in [-0.39, 0.29) is 0 Å². The van der Waals surface area contributed by atoms with Crippen molar-refractivity contribution < 1.29 is 4.74 Å². The number of nitriles is 1. The number of benzene rings is 2. The number of ether oxygens (including phenoxy) is 1. The van der Waals surface area contributed by atoms with E-state index in [0.29, 0.717) is 11.7 Å². The van der Waals surface area contributed by atoms with Gasteiger partial charge >= 0.3 is 0 Å². The Kier molecular flexibility index (Phi) is 4.46. The smallest absolute Gasteiger partial charge is 0.123 e. The second-order valence-electron chi connectivity index (χ2n) is 7.27. The molecule has 2 aliphatic heterocycles. The Morgan fingerprint density at radius 3 is 2.68 bits per heavy atom. The van der Waals surface area contributed by atoms with Crippen molar-refractivity contribution in [3.63, 3.8) is 0 Å². The van der Waals surface area contributed by atoms with Crippen LogP contribution in [0.3, 0.4) is 0 Å². The predicted molar refractivity (Wildman–Crippen MR) is 99.6 cm³/mol. The Morgan fingerprint density at radius 1 is 1.16 bits per heavy atom. The molecule has 128 valence electrons. The molecule has 1 unspecified atom stereocenters. The van der Waals surface area contributed by atoms with Crippen LogP contribution in [-0.4, -0.2) is 30.1 Å². The standard InChI is InChI=1S/C22H24N2O/c1-16-3-2-11-24(16)12-10-21-14-20-13-19(8-9-22(20)25-21)18-6-4-17(15-23)5-7-18/h4-9,13,16,21H,2-3,10-12,14H2,1H3/t16-,21?/m1/s1. The van der Waals surface area contributed by atoms with Crippen LogP contribution in [0.2, 0.25) is 0 Å². The van der Waals surface area contributed by atoms with E-state index in [1.807, 2.05) is 24.3 Å². The summed E-state index contributed by atoms with van der Waals surface area (Å²) in [6.07, 6.45) is 5.08. The Hall–Kier alpha value is -2.31. The molecule has 1 fully saturated rings. The number of rotatable bonds is 4. The van der Waals surface area contributed by atoms with Crippen LogP contribution in [0.1, 0.15) is 37.3 Å². The summed E-state index contributed by atoms with van der Waals surface area (Å²) in [6.45, 7) is 4.72. The zero-order chi connectivity index (χ0) is 17.2. The van der Waals surface area contributed by atoms with Crippen LogP contribution in [0.25, 0.3) is 11.1 Å². The third-order valence-electron chi connectivity index (χ3n) is 5.58. The van der Waals surface area contributed by atoms with E-state index in [1.165, 1.54) is 30.5 Å². The highest BCUT2D eigenvalue weighted by atomic mass is 16.5. The average molecular weight is 332 g/mol. The molecule has 4 rings (SSSR count). The van der Waals surface area contributed by atoms with Crippen molar-refractivity contribution in [2.75, 3.05) is 13.1 Å². The van der Waals surface area contributed by atoms with E-state index in [1.54, 1.807) is 0 Å². The van der Waals surface area contributed by atoms with Crippen molar-refractivity contribution in [3.8, 4) is 22.9 Å². The van der Waals surface area contributed by atoms with Gasteiger partial charge in [-0.2, -0.15) is 5.26 Å². The first-order valence-electron chi connectivity index (χ1n) is 9.27. The van der Waals surface area contributed by atoms with Crippen LogP contribution in [0.5, 0.6) is 5.75 Å². The molecule has 0 radical (unpaired) electrons.